The zero-order chi connectivity index (χ0) is 22.2. The van der Waals surface area contributed by atoms with Gasteiger partial charge in [0.15, 0.2) is 17.5 Å². The van der Waals surface area contributed by atoms with Crippen LogP contribution < -0.4 is 15.4 Å². The number of guanidine groups is 1. The average Bonchev–Trinajstić information content (AvgIpc) is 3.29. The first-order valence-electron chi connectivity index (χ1n) is 9.60. The standard InChI is InChI=1S/C22H23FN4O4/c1-15(17-7-10-21(30-2)20(23)12-17)26-22(25-14-19-4-3-11-31-19)24-13-16-5-8-18(9-6-16)27(28)29/h3-12,15H,13-14H2,1-2H3,(H2,24,25,26). The minimum atomic E-state index is -0.444. The predicted octanol–water partition coefficient (Wildman–Crippen LogP) is 4.33. The number of aliphatic imine (C=N–C) groups is 1. The average molecular weight is 426 g/mol. The molecule has 0 aliphatic rings. The molecule has 1 heterocycles. The first-order chi connectivity index (χ1) is 15.0. The van der Waals surface area contributed by atoms with Crippen molar-refractivity contribution in [3.05, 3.63) is 93.7 Å². The van der Waals surface area contributed by atoms with Crippen LogP contribution in [-0.2, 0) is 13.1 Å². The molecule has 3 rings (SSSR count). The van der Waals surface area contributed by atoms with E-state index in [0.29, 0.717) is 19.0 Å². The van der Waals surface area contributed by atoms with Gasteiger partial charge in [-0.1, -0.05) is 18.2 Å². The van der Waals surface area contributed by atoms with E-state index in [2.05, 4.69) is 15.6 Å². The molecule has 8 nitrogen and oxygen atoms in total. The maximum atomic E-state index is 14.1. The van der Waals surface area contributed by atoms with Gasteiger partial charge in [-0.2, -0.15) is 0 Å². The van der Waals surface area contributed by atoms with E-state index >= 15 is 0 Å². The van der Waals surface area contributed by atoms with Crippen LogP contribution in [0, 0.1) is 15.9 Å². The number of non-ortho nitro benzene ring substituents is 1. The Hall–Kier alpha value is -3.88. The van der Waals surface area contributed by atoms with E-state index in [1.807, 2.05) is 13.0 Å². The number of rotatable bonds is 8. The number of nitrogens with one attached hydrogen (secondary N) is 2. The molecule has 2 N–H and O–H groups in total. The molecule has 1 unspecified atom stereocenters. The van der Waals surface area contributed by atoms with E-state index in [9.17, 15) is 14.5 Å². The van der Waals surface area contributed by atoms with Gasteiger partial charge in [0.05, 0.1) is 37.4 Å². The summed E-state index contributed by atoms with van der Waals surface area (Å²) in [6.45, 7) is 2.59. The second-order valence-corrected chi connectivity index (χ2v) is 6.78. The summed E-state index contributed by atoms with van der Waals surface area (Å²) in [5.41, 5.74) is 1.56. The van der Waals surface area contributed by atoms with E-state index in [4.69, 9.17) is 9.15 Å². The Morgan fingerprint density at radius 1 is 1.26 bits per heavy atom. The highest BCUT2D eigenvalue weighted by Gasteiger charge is 2.12. The van der Waals surface area contributed by atoms with Crippen molar-refractivity contribution in [3.63, 3.8) is 0 Å². The van der Waals surface area contributed by atoms with E-state index < -0.39 is 10.7 Å². The molecule has 162 valence electrons. The number of hydrogen-bond donors (Lipinski definition) is 2. The molecule has 0 fully saturated rings. The van der Waals surface area contributed by atoms with Crippen molar-refractivity contribution in [1.82, 2.24) is 10.6 Å². The zero-order valence-electron chi connectivity index (χ0n) is 17.2. The molecule has 0 spiro atoms. The van der Waals surface area contributed by atoms with Crippen molar-refractivity contribution in [2.24, 2.45) is 4.99 Å². The first kappa shape index (κ1) is 21.8. The number of hydrogen-bond acceptors (Lipinski definition) is 5. The van der Waals surface area contributed by atoms with Crippen LogP contribution in [0.5, 0.6) is 5.75 Å². The summed E-state index contributed by atoms with van der Waals surface area (Å²) in [5.74, 6) is 0.951. The van der Waals surface area contributed by atoms with Crippen LogP contribution in [0.15, 0.2) is 70.3 Å². The monoisotopic (exact) mass is 426 g/mol. The summed E-state index contributed by atoms with van der Waals surface area (Å²) in [6, 6.07) is 14.4. The molecule has 0 radical (unpaired) electrons. The quantitative estimate of drug-likeness (QED) is 0.241. The van der Waals surface area contributed by atoms with Gasteiger partial charge in [0.1, 0.15) is 5.76 Å². The highest BCUT2D eigenvalue weighted by Crippen LogP contribution is 2.21. The van der Waals surface area contributed by atoms with Crippen LogP contribution in [0.1, 0.15) is 29.9 Å². The number of nitro groups is 1. The summed E-state index contributed by atoms with van der Waals surface area (Å²) in [5, 5.41) is 17.2. The number of furan rings is 1. The summed E-state index contributed by atoms with van der Waals surface area (Å²) in [6.07, 6.45) is 1.58. The molecule has 3 aromatic rings. The lowest BCUT2D eigenvalue weighted by atomic mass is 10.1. The molecule has 0 bridgehead atoms. The van der Waals surface area contributed by atoms with E-state index in [-0.39, 0.29) is 17.5 Å². The van der Waals surface area contributed by atoms with Gasteiger partial charge < -0.3 is 19.8 Å². The van der Waals surface area contributed by atoms with E-state index in [1.165, 1.54) is 25.3 Å². The SMILES string of the molecule is COc1ccc(C(C)NC(=NCc2ccc([N+](=O)[O-])cc2)NCc2ccco2)cc1F. The smallest absolute Gasteiger partial charge is 0.269 e. The summed E-state index contributed by atoms with van der Waals surface area (Å²) >= 11 is 0. The van der Waals surface area contributed by atoms with Gasteiger partial charge in [-0.3, -0.25) is 10.1 Å². The molecule has 0 amide bonds. The molecule has 9 heteroatoms. The highest BCUT2D eigenvalue weighted by molar-refractivity contribution is 5.80. The summed E-state index contributed by atoms with van der Waals surface area (Å²) < 4.78 is 24.4. The fourth-order valence-corrected chi connectivity index (χ4v) is 2.87. The fraction of sp³-hybridized carbons (Fsp3) is 0.227. The number of benzene rings is 2. The van der Waals surface area contributed by atoms with Gasteiger partial charge in [0, 0.05) is 12.1 Å². The lowest BCUT2D eigenvalue weighted by molar-refractivity contribution is -0.384. The van der Waals surface area contributed by atoms with Gasteiger partial charge >= 0.3 is 0 Å². The lowest BCUT2D eigenvalue weighted by Crippen LogP contribution is -2.38. The third-order valence-corrected chi connectivity index (χ3v) is 4.61. The molecule has 1 aromatic heterocycles. The molecule has 2 aromatic carbocycles. The molecular formula is C22H23FN4O4. The first-order valence-corrected chi connectivity index (χ1v) is 9.60. The van der Waals surface area contributed by atoms with E-state index in [1.54, 1.807) is 36.6 Å². The normalized spacial score (nSPS) is 12.3. The Kier molecular flexibility index (Phi) is 7.21. The van der Waals surface area contributed by atoms with Crippen molar-refractivity contribution >= 4 is 11.6 Å². The molecular weight excluding hydrogens is 403 g/mol. The largest absolute Gasteiger partial charge is 0.494 e. The van der Waals surface area contributed by atoms with Crippen molar-refractivity contribution in [3.8, 4) is 5.75 Å². The Balaban J connectivity index is 1.73. The third-order valence-electron chi connectivity index (χ3n) is 4.61. The number of halogens is 1. The maximum Gasteiger partial charge on any atom is 0.269 e. The third kappa shape index (κ3) is 6.05. The Bertz CT molecular complexity index is 1040. The summed E-state index contributed by atoms with van der Waals surface area (Å²) in [4.78, 5) is 14.9. The van der Waals surface area contributed by atoms with Crippen molar-refractivity contribution in [2.75, 3.05) is 7.11 Å². The number of nitro benzene ring substituents is 1. The molecule has 0 aliphatic carbocycles. The highest BCUT2D eigenvalue weighted by atomic mass is 19.1. The molecule has 0 saturated heterocycles. The second kappa shape index (κ2) is 10.2. The molecule has 1 atom stereocenters. The Morgan fingerprint density at radius 3 is 2.65 bits per heavy atom. The van der Waals surface area contributed by atoms with Crippen LogP contribution in [0.3, 0.4) is 0 Å². The number of ether oxygens (including phenoxy) is 1. The van der Waals surface area contributed by atoms with Crippen LogP contribution >= 0.6 is 0 Å². The molecule has 0 aliphatic heterocycles. The Labute approximate surface area is 178 Å². The van der Waals surface area contributed by atoms with Crippen LogP contribution in [0.25, 0.3) is 0 Å². The summed E-state index contributed by atoms with van der Waals surface area (Å²) in [7, 11) is 1.42. The van der Waals surface area contributed by atoms with Crippen LogP contribution in [0.4, 0.5) is 10.1 Å². The van der Waals surface area contributed by atoms with Gasteiger partial charge in [-0.25, -0.2) is 9.38 Å². The fourth-order valence-electron chi connectivity index (χ4n) is 2.87. The number of methoxy groups -OCH3 is 1. The number of nitrogens with zero attached hydrogens (tertiary/aromatic N) is 2. The lowest BCUT2D eigenvalue weighted by Gasteiger charge is -2.19. The van der Waals surface area contributed by atoms with Crippen molar-refractivity contribution in [1.29, 1.82) is 0 Å². The Morgan fingerprint density at radius 2 is 2.03 bits per heavy atom. The van der Waals surface area contributed by atoms with Crippen LogP contribution in [-0.4, -0.2) is 18.0 Å². The van der Waals surface area contributed by atoms with Crippen LogP contribution in [0.2, 0.25) is 0 Å². The minimum Gasteiger partial charge on any atom is -0.494 e. The predicted molar refractivity (Wildman–Crippen MR) is 114 cm³/mol. The van der Waals surface area contributed by atoms with Gasteiger partial charge in [-0.05, 0) is 42.3 Å². The minimum absolute atomic E-state index is 0.0252. The van der Waals surface area contributed by atoms with Gasteiger partial charge in [0.25, 0.3) is 5.69 Å². The topological polar surface area (TPSA) is 102 Å². The van der Waals surface area contributed by atoms with E-state index in [0.717, 1.165) is 16.9 Å². The molecule has 31 heavy (non-hydrogen) atoms. The second-order valence-electron chi connectivity index (χ2n) is 6.78. The maximum absolute atomic E-state index is 14.1. The molecule has 0 saturated carbocycles. The van der Waals surface area contributed by atoms with Gasteiger partial charge in [-0.15, -0.1) is 0 Å². The van der Waals surface area contributed by atoms with Gasteiger partial charge in [0.2, 0.25) is 0 Å². The van der Waals surface area contributed by atoms with Crippen molar-refractivity contribution in [2.45, 2.75) is 26.1 Å². The zero-order valence-corrected chi connectivity index (χ0v) is 17.2. The van der Waals surface area contributed by atoms with Crippen molar-refractivity contribution < 1.29 is 18.5 Å².